The number of hydrogen-bond acceptors (Lipinski definition) is 5. The standard InChI is InChI=1S/C26H23N3O3/c27-16-23(25(30)29-22-12-11-21-17-28-14-13-20(21)15-22)24(18-7-3-1-4-8-18)32-26(31)19-9-5-2-6-10-19/h1-15,17,23-24H,16,27H2,(H,29,30). The molecule has 4 aromatic rings. The fraction of sp³-hybridized carbons (Fsp3) is 0.115. The van der Waals surface area contributed by atoms with Crippen molar-refractivity contribution in [1.29, 1.82) is 0 Å². The molecular formula is C26H23N3O3. The van der Waals surface area contributed by atoms with Gasteiger partial charge in [0.2, 0.25) is 5.91 Å². The van der Waals surface area contributed by atoms with Gasteiger partial charge in [-0.15, -0.1) is 0 Å². The van der Waals surface area contributed by atoms with Crippen molar-refractivity contribution in [3.63, 3.8) is 0 Å². The number of ether oxygens (including phenoxy) is 1. The fourth-order valence-electron chi connectivity index (χ4n) is 3.55. The smallest absolute Gasteiger partial charge is 0.338 e. The van der Waals surface area contributed by atoms with E-state index in [1.54, 1.807) is 36.7 Å². The number of nitrogens with two attached hydrogens (primary N) is 1. The zero-order valence-electron chi connectivity index (χ0n) is 17.3. The van der Waals surface area contributed by atoms with E-state index < -0.39 is 18.0 Å². The molecule has 0 aliphatic rings. The molecule has 2 unspecified atom stereocenters. The predicted octanol–water partition coefficient (Wildman–Crippen LogP) is 4.35. The van der Waals surface area contributed by atoms with E-state index in [4.69, 9.17) is 10.5 Å². The van der Waals surface area contributed by atoms with Crippen LogP contribution in [-0.2, 0) is 9.53 Å². The van der Waals surface area contributed by atoms with Crippen molar-refractivity contribution in [2.45, 2.75) is 6.10 Å². The topological polar surface area (TPSA) is 94.3 Å². The number of pyridine rings is 1. The number of carbonyl (C=O) groups excluding carboxylic acids is 2. The number of hydrogen-bond donors (Lipinski definition) is 2. The van der Waals surface area contributed by atoms with Gasteiger partial charge < -0.3 is 15.8 Å². The predicted molar refractivity (Wildman–Crippen MR) is 124 cm³/mol. The highest BCUT2D eigenvalue weighted by molar-refractivity contribution is 5.96. The Morgan fingerprint density at radius 3 is 2.34 bits per heavy atom. The van der Waals surface area contributed by atoms with Gasteiger partial charge >= 0.3 is 5.97 Å². The molecule has 1 heterocycles. The number of fused-ring (bicyclic) bond motifs is 1. The second-order valence-corrected chi connectivity index (χ2v) is 7.37. The second kappa shape index (κ2) is 9.85. The minimum Gasteiger partial charge on any atom is -0.453 e. The van der Waals surface area contributed by atoms with Crippen molar-refractivity contribution < 1.29 is 14.3 Å². The number of benzene rings is 3. The molecule has 1 amide bonds. The maximum absolute atomic E-state index is 13.2. The summed E-state index contributed by atoms with van der Waals surface area (Å²) in [6.45, 7) is 0.00493. The third-order valence-electron chi connectivity index (χ3n) is 5.24. The van der Waals surface area contributed by atoms with Gasteiger partial charge in [0, 0.05) is 30.0 Å². The molecule has 0 aliphatic heterocycles. The minimum atomic E-state index is -0.835. The largest absolute Gasteiger partial charge is 0.453 e. The molecule has 0 fully saturated rings. The Morgan fingerprint density at radius 1 is 0.906 bits per heavy atom. The van der Waals surface area contributed by atoms with E-state index in [2.05, 4.69) is 10.3 Å². The maximum Gasteiger partial charge on any atom is 0.338 e. The quantitative estimate of drug-likeness (QED) is 0.430. The molecule has 160 valence electrons. The van der Waals surface area contributed by atoms with Gasteiger partial charge in [-0.3, -0.25) is 9.78 Å². The van der Waals surface area contributed by atoms with E-state index in [-0.39, 0.29) is 12.5 Å². The molecule has 0 radical (unpaired) electrons. The van der Waals surface area contributed by atoms with Gasteiger partial charge in [-0.1, -0.05) is 54.6 Å². The van der Waals surface area contributed by atoms with Crippen LogP contribution in [0.3, 0.4) is 0 Å². The number of aromatic nitrogens is 1. The first kappa shape index (κ1) is 21.2. The van der Waals surface area contributed by atoms with Crippen LogP contribution in [0.1, 0.15) is 22.0 Å². The average molecular weight is 425 g/mol. The highest BCUT2D eigenvalue weighted by atomic mass is 16.5. The van der Waals surface area contributed by atoms with E-state index in [0.29, 0.717) is 16.8 Å². The number of anilines is 1. The number of esters is 1. The SMILES string of the molecule is NCC(C(=O)Nc1ccc2cnccc2c1)C(OC(=O)c1ccccc1)c1ccccc1. The molecule has 6 nitrogen and oxygen atoms in total. The van der Waals surface area contributed by atoms with Crippen molar-refractivity contribution in [1.82, 2.24) is 4.98 Å². The molecule has 2 atom stereocenters. The number of amides is 1. The van der Waals surface area contributed by atoms with Crippen molar-refractivity contribution in [3.8, 4) is 0 Å². The van der Waals surface area contributed by atoms with Crippen LogP contribution in [0.25, 0.3) is 10.8 Å². The van der Waals surface area contributed by atoms with Gasteiger partial charge in [0.15, 0.2) is 0 Å². The molecule has 6 heteroatoms. The van der Waals surface area contributed by atoms with Crippen LogP contribution in [-0.4, -0.2) is 23.4 Å². The van der Waals surface area contributed by atoms with Crippen LogP contribution < -0.4 is 11.1 Å². The Hall–Kier alpha value is -4.03. The Bertz CT molecular complexity index is 1210. The molecule has 3 aromatic carbocycles. The molecule has 0 spiro atoms. The molecule has 4 rings (SSSR count). The summed E-state index contributed by atoms with van der Waals surface area (Å²) in [5, 5.41) is 4.85. The summed E-state index contributed by atoms with van der Waals surface area (Å²) in [4.78, 5) is 30.1. The van der Waals surface area contributed by atoms with Gasteiger partial charge in [0.1, 0.15) is 6.10 Å². The number of nitrogens with zero attached hydrogens (tertiary/aromatic N) is 1. The maximum atomic E-state index is 13.2. The monoisotopic (exact) mass is 425 g/mol. The van der Waals surface area contributed by atoms with Crippen LogP contribution in [0, 0.1) is 5.92 Å². The summed E-state index contributed by atoms with van der Waals surface area (Å²) in [6.07, 6.45) is 2.63. The van der Waals surface area contributed by atoms with Crippen molar-refractivity contribution in [3.05, 3.63) is 108 Å². The summed E-state index contributed by atoms with van der Waals surface area (Å²) >= 11 is 0. The summed E-state index contributed by atoms with van der Waals surface area (Å²) in [7, 11) is 0. The molecule has 0 aliphatic carbocycles. The van der Waals surface area contributed by atoms with Crippen LogP contribution in [0.4, 0.5) is 5.69 Å². The summed E-state index contributed by atoms with van der Waals surface area (Å²) in [5.74, 6) is -1.61. The minimum absolute atomic E-state index is 0.00493. The first-order valence-corrected chi connectivity index (χ1v) is 10.3. The lowest BCUT2D eigenvalue weighted by Gasteiger charge is -2.26. The van der Waals surface area contributed by atoms with Crippen LogP contribution in [0.2, 0.25) is 0 Å². The second-order valence-electron chi connectivity index (χ2n) is 7.37. The lowest BCUT2D eigenvalue weighted by Crippen LogP contribution is -2.36. The van der Waals surface area contributed by atoms with Crippen molar-refractivity contribution in [2.24, 2.45) is 11.7 Å². The zero-order chi connectivity index (χ0) is 22.3. The van der Waals surface area contributed by atoms with E-state index in [0.717, 1.165) is 10.8 Å². The fourth-order valence-corrected chi connectivity index (χ4v) is 3.55. The number of carbonyl (C=O) groups is 2. The molecular weight excluding hydrogens is 402 g/mol. The van der Waals surface area contributed by atoms with E-state index in [1.165, 1.54) is 0 Å². The van der Waals surface area contributed by atoms with Gasteiger partial charge in [0.05, 0.1) is 11.5 Å². The van der Waals surface area contributed by atoms with Crippen LogP contribution in [0.5, 0.6) is 0 Å². The molecule has 0 saturated carbocycles. The molecule has 0 saturated heterocycles. The Balaban J connectivity index is 1.60. The van der Waals surface area contributed by atoms with Gasteiger partial charge in [-0.25, -0.2) is 4.79 Å². The highest BCUT2D eigenvalue weighted by Gasteiger charge is 2.32. The third kappa shape index (κ3) is 4.82. The van der Waals surface area contributed by atoms with Gasteiger partial charge in [-0.05, 0) is 41.3 Å². The Labute approximate surface area is 186 Å². The first-order valence-electron chi connectivity index (χ1n) is 10.3. The number of nitrogens with one attached hydrogen (secondary N) is 1. The Morgan fingerprint density at radius 2 is 1.62 bits per heavy atom. The molecule has 0 bridgehead atoms. The zero-order valence-corrected chi connectivity index (χ0v) is 17.3. The number of rotatable bonds is 7. The molecule has 3 N–H and O–H groups in total. The van der Waals surface area contributed by atoms with Crippen molar-refractivity contribution in [2.75, 3.05) is 11.9 Å². The molecule has 1 aromatic heterocycles. The first-order chi connectivity index (χ1) is 15.7. The van der Waals surface area contributed by atoms with Crippen molar-refractivity contribution >= 4 is 28.3 Å². The van der Waals surface area contributed by atoms with Gasteiger partial charge in [-0.2, -0.15) is 0 Å². The lowest BCUT2D eigenvalue weighted by atomic mass is 9.94. The summed E-state index contributed by atoms with van der Waals surface area (Å²) in [5.41, 5.74) is 7.75. The van der Waals surface area contributed by atoms with E-state index in [9.17, 15) is 9.59 Å². The summed E-state index contributed by atoms with van der Waals surface area (Å²) in [6, 6.07) is 25.3. The average Bonchev–Trinajstić information content (AvgIpc) is 2.85. The lowest BCUT2D eigenvalue weighted by molar-refractivity contribution is -0.123. The third-order valence-corrected chi connectivity index (χ3v) is 5.24. The van der Waals surface area contributed by atoms with E-state index >= 15 is 0 Å². The molecule has 32 heavy (non-hydrogen) atoms. The normalized spacial score (nSPS) is 12.7. The highest BCUT2D eigenvalue weighted by Crippen LogP contribution is 2.29. The van der Waals surface area contributed by atoms with Crippen LogP contribution >= 0.6 is 0 Å². The van der Waals surface area contributed by atoms with Gasteiger partial charge in [0.25, 0.3) is 0 Å². The van der Waals surface area contributed by atoms with Crippen LogP contribution in [0.15, 0.2) is 97.3 Å². The summed E-state index contributed by atoms with van der Waals surface area (Å²) < 4.78 is 5.82. The Kier molecular flexibility index (Phi) is 6.53. The van der Waals surface area contributed by atoms with E-state index in [1.807, 2.05) is 60.7 Å².